The number of benzene rings is 10. The Hall–Kier alpha value is -9.48. The zero-order valence-corrected chi connectivity index (χ0v) is 42.3. The third kappa shape index (κ3) is 8.55. The summed E-state index contributed by atoms with van der Waals surface area (Å²) in [6.07, 6.45) is 0. The van der Waals surface area contributed by atoms with E-state index in [0.717, 1.165) is 78.6 Å². The third-order valence-corrected chi connectivity index (χ3v) is 15.8. The number of rotatable bonds is 9. The fraction of sp³-hybridized carbons (Fsp3) is 0. The molecule has 10 heteroatoms. The molecule has 14 rings (SSSR count). The Bertz CT molecular complexity index is 3720. The molecular weight excluding hydrogens is 969 g/mol. The molecular formula is C66H42N8S2. The molecule has 12 aromatic rings. The van der Waals surface area contributed by atoms with Crippen LogP contribution in [0.25, 0.3) is 79.5 Å². The van der Waals surface area contributed by atoms with Gasteiger partial charge in [-0.3, -0.25) is 0 Å². The fourth-order valence-electron chi connectivity index (χ4n) is 9.82. The third-order valence-electron chi connectivity index (χ3n) is 13.6. The molecule has 0 unspecified atom stereocenters. The Morgan fingerprint density at radius 1 is 0.211 bits per heavy atom. The van der Waals surface area contributed by atoms with Crippen LogP contribution >= 0.6 is 23.5 Å². The number of nitrogens with zero attached hydrogens (tertiary/aromatic N) is 8. The summed E-state index contributed by atoms with van der Waals surface area (Å²) in [5.41, 5.74) is 14.3. The summed E-state index contributed by atoms with van der Waals surface area (Å²) in [6, 6.07) is 88.5. The quantitative estimate of drug-likeness (QED) is 0.139. The summed E-state index contributed by atoms with van der Waals surface area (Å²) < 4.78 is 0. The van der Waals surface area contributed by atoms with E-state index in [-0.39, 0.29) is 0 Å². The van der Waals surface area contributed by atoms with Gasteiger partial charge in [0.05, 0.1) is 22.7 Å². The van der Waals surface area contributed by atoms with Crippen molar-refractivity contribution in [1.82, 2.24) is 29.9 Å². The SMILES string of the molecule is c1ccc(-c2nc(-c3ccccc3)nc(-c3ccc(N4c5ccccc5Sc5ccc(-c6ccc7c(c6)N(c6ccc(-c8nc(-c9ccccc9)nc(-c9ccccc9)n8)cc6)c6ccccc6S7)cc54)cc3)n2)cc1. The first-order valence-electron chi connectivity index (χ1n) is 25.0. The van der Waals surface area contributed by atoms with Crippen LogP contribution in [0.3, 0.4) is 0 Å². The van der Waals surface area contributed by atoms with Gasteiger partial charge in [0, 0.05) is 64.3 Å². The second-order valence-electron chi connectivity index (χ2n) is 18.3. The van der Waals surface area contributed by atoms with Crippen molar-refractivity contribution in [3.63, 3.8) is 0 Å². The van der Waals surface area contributed by atoms with Gasteiger partial charge in [-0.2, -0.15) is 0 Å². The molecule has 0 amide bonds. The van der Waals surface area contributed by atoms with E-state index in [1.165, 1.54) is 19.6 Å². The summed E-state index contributed by atoms with van der Waals surface area (Å²) in [6.45, 7) is 0. The van der Waals surface area contributed by atoms with Crippen LogP contribution in [0.15, 0.2) is 274 Å². The first kappa shape index (κ1) is 45.2. The van der Waals surface area contributed by atoms with Crippen molar-refractivity contribution in [1.29, 1.82) is 0 Å². The first-order valence-corrected chi connectivity index (χ1v) is 26.6. The van der Waals surface area contributed by atoms with Crippen LogP contribution < -0.4 is 9.80 Å². The Kier molecular flexibility index (Phi) is 11.5. The van der Waals surface area contributed by atoms with Crippen molar-refractivity contribution in [3.05, 3.63) is 255 Å². The zero-order valence-electron chi connectivity index (χ0n) is 40.6. The highest BCUT2D eigenvalue weighted by molar-refractivity contribution is 8.00. The van der Waals surface area contributed by atoms with E-state index in [1.54, 1.807) is 23.5 Å². The zero-order chi connectivity index (χ0) is 50.4. The molecule has 358 valence electrons. The Morgan fingerprint density at radius 3 is 0.776 bits per heavy atom. The van der Waals surface area contributed by atoms with Gasteiger partial charge < -0.3 is 9.80 Å². The lowest BCUT2D eigenvalue weighted by molar-refractivity contribution is 1.07. The summed E-state index contributed by atoms with van der Waals surface area (Å²) in [5, 5.41) is 0. The molecule has 0 bridgehead atoms. The molecule has 0 saturated carbocycles. The first-order chi connectivity index (χ1) is 37.6. The van der Waals surface area contributed by atoms with E-state index in [4.69, 9.17) is 29.9 Å². The van der Waals surface area contributed by atoms with E-state index >= 15 is 0 Å². The minimum atomic E-state index is 0.618. The molecule has 76 heavy (non-hydrogen) atoms. The number of anilines is 6. The summed E-state index contributed by atoms with van der Waals surface area (Å²) in [7, 11) is 0. The van der Waals surface area contributed by atoms with Gasteiger partial charge in [0.1, 0.15) is 0 Å². The molecule has 8 nitrogen and oxygen atoms in total. The maximum atomic E-state index is 5.02. The van der Waals surface area contributed by atoms with Crippen LogP contribution in [-0.4, -0.2) is 29.9 Å². The number of hydrogen-bond acceptors (Lipinski definition) is 10. The maximum absolute atomic E-state index is 5.02. The molecule has 0 fully saturated rings. The van der Waals surface area contributed by atoms with Crippen molar-refractivity contribution in [2.24, 2.45) is 0 Å². The number of aromatic nitrogens is 6. The second kappa shape index (κ2) is 19.4. The normalized spacial score (nSPS) is 12.3. The molecule has 0 aliphatic carbocycles. The molecule has 0 radical (unpaired) electrons. The molecule has 10 aromatic carbocycles. The maximum Gasteiger partial charge on any atom is 0.164 e. The van der Waals surface area contributed by atoms with E-state index < -0.39 is 0 Å². The second-order valence-corrected chi connectivity index (χ2v) is 20.5. The van der Waals surface area contributed by atoms with Gasteiger partial charge in [-0.1, -0.05) is 181 Å². The highest BCUT2D eigenvalue weighted by Crippen LogP contribution is 2.55. The largest absolute Gasteiger partial charge is 0.308 e. The predicted octanol–water partition coefficient (Wildman–Crippen LogP) is 17.6. The van der Waals surface area contributed by atoms with Gasteiger partial charge in [-0.05, 0) is 108 Å². The van der Waals surface area contributed by atoms with E-state index in [0.29, 0.717) is 34.9 Å². The summed E-state index contributed by atoms with van der Waals surface area (Å²) in [5.74, 6) is 3.77. The monoisotopic (exact) mass is 1010 g/mol. The van der Waals surface area contributed by atoms with Crippen LogP contribution in [0.2, 0.25) is 0 Å². The molecule has 4 heterocycles. The average Bonchev–Trinajstić information content (AvgIpc) is 3.52. The lowest BCUT2D eigenvalue weighted by Crippen LogP contribution is -2.15. The van der Waals surface area contributed by atoms with Gasteiger partial charge in [0.2, 0.25) is 0 Å². The van der Waals surface area contributed by atoms with Gasteiger partial charge >= 0.3 is 0 Å². The van der Waals surface area contributed by atoms with Gasteiger partial charge in [0.15, 0.2) is 34.9 Å². The Morgan fingerprint density at radius 2 is 0.461 bits per heavy atom. The molecule has 0 N–H and O–H groups in total. The number of fused-ring (bicyclic) bond motifs is 4. The van der Waals surface area contributed by atoms with Crippen LogP contribution in [0.5, 0.6) is 0 Å². The molecule has 2 aromatic heterocycles. The van der Waals surface area contributed by atoms with Crippen molar-refractivity contribution >= 4 is 57.6 Å². The van der Waals surface area contributed by atoms with Crippen molar-refractivity contribution in [3.8, 4) is 79.5 Å². The van der Waals surface area contributed by atoms with E-state index in [2.05, 4.69) is 143 Å². The molecule has 2 aliphatic heterocycles. The van der Waals surface area contributed by atoms with Crippen LogP contribution in [-0.2, 0) is 0 Å². The lowest BCUT2D eigenvalue weighted by Gasteiger charge is -2.34. The summed E-state index contributed by atoms with van der Waals surface area (Å²) in [4.78, 5) is 39.4. The predicted molar refractivity (Wildman–Crippen MR) is 309 cm³/mol. The summed E-state index contributed by atoms with van der Waals surface area (Å²) >= 11 is 3.61. The van der Waals surface area contributed by atoms with E-state index in [1.807, 2.05) is 121 Å². The molecule has 2 aliphatic rings. The minimum Gasteiger partial charge on any atom is -0.308 e. The topological polar surface area (TPSA) is 83.8 Å². The highest BCUT2D eigenvalue weighted by Gasteiger charge is 2.28. The minimum absolute atomic E-state index is 0.618. The fourth-order valence-corrected chi connectivity index (χ4v) is 11.9. The highest BCUT2D eigenvalue weighted by atomic mass is 32.2. The van der Waals surface area contributed by atoms with Crippen LogP contribution in [0.4, 0.5) is 34.1 Å². The van der Waals surface area contributed by atoms with E-state index in [9.17, 15) is 0 Å². The Balaban J connectivity index is 0.822. The average molecular weight is 1010 g/mol. The Labute approximate surface area is 448 Å². The van der Waals surface area contributed by atoms with Gasteiger partial charge in [-0.25, -0.2) is 29.9 Å². The van der Waals surface area contributed by atoms with Crippen LogP contribution in [0.1, 0.15) is 0 Å². The van der Waals surface area contributed by atoms with Crippen molar-refractivity contribution < 1.29 is 0 Å². The van der Waals surface area contributed by atoms with Crippen LogP contribution in [0, 0.1) is 0 Å². The number of hydrogen-bond donors (Lipinski definition) is 0. The van der Waals surface area contributed by atoms with Gasteiger partial charge in [-0.15, -0.1) is 0 Å². The van der Waals surface area contributed by atoms with Gasteiger partial charge in [0.25, 0.3) is 0 Å². The molecule has 0 atom stereocenters. The standard InChI is InChI=1S/C66H42N8S2/c1-5-17-43(18-6-1)61-67-62(44-19-7-2-8-20-44)70-65(69-61)47-29-35-51(36-30-47)73-53-25-13-15-27-57(53)75-59-39-33-49(41-55(59)73)50-34-40-60-56(42-50)74(54-26-14-16-28-58(54)76-60)52-37-31-48(32-38-52)66-71-63(45-21-9-3-10-22-45)68-64(72-66)46-23-11-4-12-24-46/h1-42H. The van der Waals surface area contributed by atoms with Crippen molar-refractivity contribution in [2.45, 2.75) is 19.6 Å². The molecule has 0 spiro atoms. The smallest absolute Gasteiger partial charge is 0.164 e. The lowest BCUT2D eigenvalue weighted by atomic mass is 10.0. The van der Waals surface area contributed by atoms with Crippen molar-refractivity contribution in [2.75, 3.05) is 9.80 Å². The number of para-hydroxylation sites is 2. The molecule has 0 saturated heterocycles.